The summed E-state index contributed by atoms with van der Waals surface area (Å²) in [6, 6.07) is 4.02. The lowest BCUT2D eigenvalue weighted by atomic mass is 9.97. The quantitative estimate of drug-likeness (QED) is 0.854. The molecule has 0 aromatic carbocycles. The van der Waals surface area contributed by atoms with Gasteiger partial charge in [0, 0.05) is 0 Å². The molecule has 1 unspecified atom stereocenters. The van der Waals surface area contributed by atoms with Gasteiger partial charge in [-0.05, 0) is 37.1 Å². The molecule has 1 aliphatic rings. The number of aromatic amines is 1. The maximum atomic E-state index is 6.28. The summed E-state index contributed by atoms with van der Waals surface area (Å²) in [4.78, 5) is 5.58. The monoisotopic (exact) mass is 234 g/mol. The Balaban J connectivity index is 1.93. The van der Waals surface area contributed by atoms with E-state index < -0.39 is 0 Å². The van der Waals surface area contributed by atoms with E-state index in [1.54, 1.807) is 11.3 Å². The molecule has 1 aliphatic carbocycles. The molecule has 2 aromatic heterocycles. The second kappa shape index (κ2) is 3.40. The minimum Gasteiger partial charge on any atom is -0.319 e. The first kappa shape index (κ1) is 9.99. The zero-order valence-electron chi connectivity index (χ0n) is 9.10. The molecule has 3 rings (SSSR count). The lowest BCUT2D eigenvalue weighted by Crippen LogP contribution is -2.36. The third kappa shape index (κ3) is 1.56. The van der Waals surface area contributed by atoms with Gasteiger partial charge in [0.2, 0.25) is 0 Å². The third-order valence-corrected chi connectivity index (χ3v) is 4.03. The van der Waals surface area contributed by atoms with Crippen molar-refractivity contribution in [2.75, 3.05) is 0 Å². The molecule has 0 amide bonds. The molecule has 0 spiro atoms. The number of nitrogens with two attached hydrogens (primary N) is 1. The number of hydrogen-bond donors (Lipinski definition) is 2. The molecule has 1 saturated carbocycles. The van der Waals surface area contributed by atoms with E-state index in [1.807, 2.05) is 24.4 Å². The van der Waals surface area contributed by atoms with Crippen molar-refractivity contribution in [1.82, 2.24) is 15.2 Å². The van der Waals surface area contributed by atoms with Crippen LogP contribution in [0.25, 0.3) is 10.7 Å². The summed E-state index contributed by atoms with van der Waals surface area (Å²) in [5, 5.41) is 9.23. The Labute approximate surface area is 97.9 Å². The van der Waals surface area contributed by atoms with Crippen molar-refractivity contribution in [2.24, 2.45) is 11.7 Å². The summed E-state index contributed by atoms with van der Waals surface area (Å²) in [6.07, 6.45) is 2.39. The van der Waals surface area contributed by atoms with Gasteiger partial charge in [0.05, 0.1) is 10.4 Å². The SMILES string of the molecule is CC(N)(c1nc(-c2cccs2)n[nH]1)C1CC1. The third-order valence-electron chi connectivity index (χ3n) is 3.16. The van der Waals surface area contributed by atoms with Crippen LogP contribution in [-0.4, -0.2) is 15.2 Å². The summed E-state index contributed by atoms with van der Waals surface area (Å²) in [7, 11) is 0. The maximum absolute atomic E-state index is 6.28. The first-order valence-corrected chi connectivity index (χ1v) is 6.31. The first-order chi connectivity index (χ1) is 7.68. The zero-order valence-corrected chi connectivity index (χ0v) is 9.92. The van der Waals surface area contributed by atoms with Crippen LogP contribution >= 0.6 is 11.3 Å². The standard InChI is InChI=1S/C11H14N4S/c1-11(12,7-4-5-7)10-13-9(14-15-10)8-3-2-6-16-8/h2-3,6-7H,4-5,12H2,1H3,(H,13,14,15). The largest absolute Gasteiger partial charge is 0.319 e. The van der Waals surface area contributed by atoms with E-state index in [9.17, 15) is 0 Å². The lowest BCUT2D eigenvalue weighted by Gasteiger charge is -2.20. The fourth-order valence-electron chi connectivity index (χ4n) is 1.90. The Morgan fingerprint density at radius 3 is 3.00 bits per heavy atom. The molecular weight excluding hydrogens is 220 g/mol. The minimum absolute atomic E-state index is 0.359. The van der Waals surface area contributed by atoms with Crippen LogP contribution in [0.1, 0.15) is 25.6 Å². The van der Waals surface area contributed by atoms with Crippen LogP contribution in [0, 0.1) is 5.92 Å². The molecule has 0 radical (unpaired) electrons. The fraction of sp³-hybridized carbons (Fsp3) is 0.455. The molecular formula is C11H14N4S. The zero-order chi connectivity index (χ0) is 11.2. The number of nitrogens with one attached hydrogen (secondary N) is 1. The van der Waals surface area contributed by atoms with E-state index in [0.29, 0.717) is 5.92 Å². The summed E-state index contributed by atoms with van der Waals surface area (Å²) in [5.74, 6) is 2.11. The second-order valence-electron chi connectivity index (χ2n) is 4.54. The summed E-state index contributed by atoms with van der Waals surface area (Å²) in [5.41, 5.74) is 5.92. The van der Waals surface area contributed by atoms with Gasteiger partial charge in [-0.15, -0.1) is 11.3 Å². The van der Waals surface area contributed by atoms with Gasteiger partial charge in [-0.1, -0.05) is 6.07 Å². The van der Waals surface area contributed by atoms with Crippen molar-refractivity contribution in [3.8, 4) is 10.7 Å². The van der Waals surface area contributed by atoms with Gasteiger partial charge in [-0.25, -0.2) is 4.98 Å². The van der Waals surface area contributed by atoms with E-state index in [1.165, 1.54) is 12.8 Å². The summed E-state index contributed by atoms with van der Waals surface area (Å²) >= 11 is 1.64. The van der Waals surface area contributed by atoms with Crippen molar-refractivity contribution in [1.29, 1.82) is 0 Å². The summed E-state index contributed by atoms with van der Waals surface area (Å²) in [6.45, 7) is 2.03. The van der Waals surface area contributed by atoms with Gasteiger partial charge in [0.25, 0.3) is 0 Å². The van der Waals surface area contributed by atoms with Crippen molar-refractivity contribution in [3.05, 3.63) is 23.3 Å². The van der Waals surface area contributed by atoms with E-state index >= 15 is 0 Å². The minimum atomic E-state index is -0.359. The van der Waals surface area contributed by atoms with Gasteiger partial charge in [0.15, 0.2) is 5.82 Å². The molecule has 5 heteroatoms. The van der Waals surface area contributed by atoms with Crippen LogP contribution in [0.4, 0.5) is 0 Å². The van der Waals surface area contributed by atoms with E-state index in [2.05, 4.69) is 15.2 Å². The van der Waals surface area contributed by atoms with Crippen LogP contribution in [0.3, 0.4) is 0 Å². The molecule has 84 valence electrons. The highest BCUT2D eigenvalue weighted by Gasteiger charge is 2.42. The number of aromatic nitrogens is 3. The van der Waals surface area contributed by atoms with Gasteiger partial charge in [-0.3, -0.25) is 5.10 Å². The number of H-pyrrole nitrogens is 1. The Hall–Kier alpha value is -1.20. The fourth-order valence-corrected chi connectivity index (χ4v) is 2.55. The Kier molecular flexibility index (Phi) is 2.12. The van der Waals surface area contributed by atoms with Gasteiger partial charge < -0.3 is 5.73 Å². The highest BCUT2D eigenvalue weighted by Crippen LogP contribution is 2.42. The lowest BCUT2D eigenvalue weighted by molar-refractivity contribution is 0.402. The molecule has 3 N–H and O–H groups in total. The van der Waals surface area contributed by atoms with Crippen molar-refractivity contribution in [2.45, 2.75) is 25.3 Å². The number of hydrogen-bond acceptors (Lipinski definition) is 4. The number of nitrogens with zero attached hydrogens (tertiary/aromatic N) is 2. The van der Waals surface area contributed by atoms with Gasteiger partial charge in [-0.2, -0.15) is 5.10 Å². The highest BCUT2D eigenvalue weighted by molar-refractivity contribution is 7.13. The van der Waals surface area contributed by atoms with E-state index in [-0.39, 0.29) is 5.54 Å². The van der Waals surface area contributed by atoms with Crippen LogP contribution in [0.2, 0.25) is 0 Å². The predicted octanol–water partition coefficient (Wildman–Crippen LogP) is 2.12. The molecule has 4 nitrogen and oxygen atoms in total. The van der Waals surface area contributed by atoms with Crippen molar-refractivity contribution in [3.63, 3.8) is 0 Å². The molecule has 2 aromatic rings. The number of rotatable bonds is 3. The Morgan fingerprint density at radius 1 is 1.56 bits per heavy atom. The van der Waals surface area contributed by atoms with Crippen molar-refractivity contribution < 1.29 is 0 Å². The molecule has 0 saturated heterocycles. The highest BCUT2D eigenvalue weighted by atomic mass is 32.1. The maximum Gasteiger partial charge on any atom is 0.191 e. The smallest absolute Gasteiger partial charge is 0.191 e. The number of thiophene rings is 1. The van der Waals surface area contributed by atoms with Gasteiger partial charge in [0.1, 0.15) is 5.82 Å². The second-order valence-corrected chi connectivity index (χ2v) is 5.49. The van der Waals surface area contributed by atoms with E-state index in [0.717, 1.165) is 16.5 Å². The molecule has 0 bridgehead atoms. The molecule has 16 heavy (non-hydrogen) atoms. The average molecular weight is 234 g/mol. The molecule has 2 heterocycles. The first-order valence-electron chi connectivity index (χ1n) is 5.43. The van der Waals surface area contributed by atoms with Crippen LogP contribution in [0.5, 0.6) is 0 Å². The Morgan fingerprint density at radius 2 is 2.38 bits per heavy atom. The molecule has 0 aliphatic heterocycles. The molecule has 1 fully saturated rings. The predicted molar refractivity (Wildman–Crippen MR) is 64.0 cm³/mol. The topological polar surface area (TPSA) is 67.6 Å². The molecule has 1 atom stereocenters. The Bertz CT molecular complexity index is 482. The van der Waals surface area contributed by atoms with Gasteiger partial charge >= 0.3 is 0 Å². The van der Waals surface area contributed by atoms with Crippen LogP contribution in [0.15, 0.2) is 17.5 Å². The van der Waals surface area contributed by atoms with Crippen molar-refractivity contribution >= 4 is 11.3 Å². The average Bonchev–Trinajstić information content (AvgIpc) is 2.82. The van der Waals surface area contributed by atoms with E-state index in [4.69, 9.17) is 5.73 Å². The van der Waals surface area contributed by atoms with Crippen LogP contribution in [-0.2, 0) is 5.54 Å². The van der Waals surface area contributed by atoms with Crippen LogP contribution < -0.4 is 5.73 Å². The summed E-state index contributed by atoms with van der Waals surface area (Å²) < 4.78 is 0. The normalized spacial score (nSPS) is 19.6.